The van der Waals surface area contributed by atoms with Crippen molar-refractivity contribution in [2.24, 2.45) is 0 Å². The molecule has 4 heteroatoms. The highest BCUT2D eigenvalue weighted by molar-refractivity contribution is 5.91. The Balaban J connectivity index is 2.05. The fourth-order valence-electron chi connectivity index (χ4n) is 2.52. The first-order valence-electron chi connectivity index (χ1n) is 9.11. The summed E-state index contributed by atoms with van der Waals surface area (Å²) in [7, 11) is 0. The minimum Gasteiger partial charge on any atom is -0.504 e. The Morgan fingerprint density at radius 3 is 2.21 bits per heavy atom. The van der Waals surface area contributed by atoms with E-state index < -0.39 is 0 Å². The van der Waals surface area contributed by atoms with E-state index in [-0.39, 0.29) is 17.4 Å². The van der Waals surface area contributed by atoms with Crippen LogP contribution >= 0.6 is 0 Å². The highest BCUT2D eigenvalue weighted by atomic mass is 16.3. The summed E-state index contributed by atoms with van der Waals surface area (Å²) in [5.41, 5.74) is 0.670. The summed E-state index contributed by atoms with van der Waals surface area (Å²) < 4.78 is 0. The highest BCUT2D eigenvalue weighted by Crippen LogP contribution is 2.25. The topological polar surface area (TPSA) is 69.6 Å². The van der Waals surface area contributed by atoms with Gasteiger partial charge >= 0.3 is 0 Å². The van der Waals surface area contributed by atoms with Gasteiger partial charge in [0.05, 0.1) is 0 Å². The maximum atomic E-state index is 11.7. The maximum Gasteiger partial charge on any atom is 0.243 e. The number of rotatable bonds is 12. The Kier molecular flexibility index (Phi) is 10.4. The maximum absolute atomic E-state index is 11.7. The van der Waals surface area contributed by atoms with Crippen molar-refractivity contribution >= 4 is 12.0 Å². The van der Waals surface area contributed by atoms with Crippen LogP contribution in [-0.2, 0) is 4.79 Å². The number of phenols is 2. The fraction of sp³-hybridized carbons (Fsp3) is 0.550. The predicted molar refractivity (Wildman–Crippen MR) is 99.0 cm³/mol. The lowest BCUT2D eigenvalue weighted by Crippen LogP contribution is -2.21. The van der Waals surface area contributed by atoms with Crippen LogP contribution in [0.2, 0.25) is 0 Å². The molecule has 3 N–H and O–H groups in total. The molecule has 0 aliphatic rings. The van der Waals surface area contributed by atoms with Crippen molar-refractivity contribution < 1.29 is 15.0 Å². The van der Waals surface area contributed by atoms with Gasteiger partial charge < -0.3 is 15.5 Å². The summed E-state index contributed by atoms with van der Waals surface area (Å²) in [5.74, 6) is -0.489. The molecular weight excluding hydrogens is 302 g/mol. The number of carbonyl (C=O) groups is 1. The smallest absolute Gasteiger partial charge is 0.243 e. The number of carbonyl (C=O) groups excluding carboxylic acids is 1. The Morgan fingerprint density at radius 2 is 1.58 bits per heavy atom. The summed E-state index contributed by atoms with van der Waals surface area (Å²) in [6.45, 7) is 2.93. The van der Waals surface area contributed by atoms with E-state index in [2.05, 4.69) is 12.2 Å². The van der Waals surface area contributed by atoms with Crippen molar-refractivity contribution in [3.05, 3.63) is 29.8 Å². The number of amides is 1. The molecule has 0 aromatic heterocycles. The molecule has 0 saturated heterocycles. The van der Waals surface area contributed by atoms with Gasteiger partial charge in [-0.3, -0.25) is 4.79 Å². The van der Waals surface area contributed by atoms with E-state index in [1.165, 1.54) is 63.2 Å². The molecule has 1 aromatic carbocycles. The molecule has 134 valence electrons. The van der Waals surface area contributed by atoms with E-state index in [0.29, 0.717) is 12.1 Å². The predicted octanol–water partition coefficient (Wildman–Crippen LogP) is 4.76. The van der Waals surface area contributed by atoms with Crippen LogP contribution in [0.5, 0.6) is 11.5 Å². The number of nitrogens with one attached hydrogen (secondary N) is 1. The van der Waals surface area contributed by atoms with E-state index >= 15 is 0 Å². The van der Waals surface area contributed by atoms with Gasteiger partial charge in [-0.2, -0.15) is 0 Å². The van der Waals surface area contributed by atoms with Gasteiger partial charge in [-0.1, -0.05) is 64.4 Å². The van der Waals surface area contributed by atoms with Crippen LogP contribution in [0.3, 0.4) is 0 Å². The lowest BCUT2D eigenvalue weighted by atomic mass is 10.1. The highest BCUT2D eigenvalue weighted by Gasteiger charge is 1.99. The Bertz CT molecular complexity index is 512. The van der Waals surface area contributed by atoms with Crippen molar-refractivity contribution in [2.45, 2.75) is 64.7 Å². The Hall–Kier alpha value is -1.97. The van der Waals surface area contributed by atoms with Crippen LogP contribution in [-0.4, -0.2) is 22.7 Å². The monoisotopic (exact) mass is 333 g/mol. The first-order valence-corrected chi connectivity index (χ1v) is 9.11. The third-order valence-corrected chi connectivity index (χ3v) is 4.01. The van der Waals surface area contributed by atoms with E-state index in [4.69, 9.17) is 0 Å². The number of phenolic OH excluding ortho intramolecular Hbond substituents is 2. The van der Waals surface area contributed by atoms with Gasteiger partial charge in [-0.05, 0) is 30.2 Å². The third kappa shape index (κ3) is 9.23. The molecule has 0 aliphatic carbocycles. The lowest BCUT2D eigenvalue weighted by molar-refractivity contribution is -0.116. The van der Waals surface area contributed by atoms with Gasteiger partial charge in [0.25, 0.3) is 0 Å². The average Bonchev–Trinajstić information content (AvgIpc) is 2.57. The number of hydrogen-bond acceptors (Lipinski definition) is 3. The van der Waals surface area contributed by atoms with Crippen molar-refractivity contribution in [2.75, 3.05) is 6.54 Å². The van der Waals surface area contributed by atoms with Crippen LogP contribution in [0.15, 0.2) is 24.3 Å². The van der Waals surface area contributed by atoms with Crippen molar-refractivity contribution in [3.63, 3.8) is 0 Å². The molecular formula is C20H31NO3. The molecule has 0 bridgehead atoms. The molecule has 4 nitrogen and oxygen atoms in total. The molecule has 0 heterocycles. The molecule has 24 heavy (non-hydrogen) atoms. The third-order valence-electron chi connectivity index (χ3n) is 4.01. The molecule has 1 aromatic rings. The van der Waals surface area contributed by atoms with Crippen LogP contribution in [0.1, 0.15) is 70.3 Å². The quantitative estimate of drug-likeness (QED) is 0.293. The van der Waals surface area contributed by atoms with Crippen molar-refractivity contribution in [1.82, 2.24) is 5.32 Å². The van der Waals surface area contributed by atoms with Crippen LogP contribution in [0.4, 0.5) is 0 Å². The minimum absolute atomic E-state index is 0.137. The van der Waals surface area contributed by atoms with Gasteiger partial charge in [-0.15, -0.1) is 0 Å². The molecule has 0 fully saturated rings. The fourth-order valence-corrected chi connectivity index (χ4v) is 2.52. The summed E-state index contributed by atoms with van der Waals surface area (Å²) in [6, 6.07) is 4.45. The van der Waals surface area contributed by atoms with E-state index in [9.17, 15) is 15.0 Å². The largest absolute Gasteiger partial charge is 0.504 e. The first-order chi connectivity index (χ1) is 11.6. The van der Waals surface area contributed by atoms with Crippen LogP contribution in [0.25, 0.3) is 6.08 Å². The first kappa shape index (κ1) is 20.1. The normalized spacial score (nSPS) is 11.0. The summed E-state index contributed by atoms with van der Waals surface area (Å²) >= 11 is 0. The number of hydrogen-bond donors (Lipinski definition) is 3. The number of unbranched alkanes of at least 4 members (excludes halogenated alkanes) is 8. The summed E-state index contributed by atoms with van der Waals surface area (Å²) in [5, 5.41) is 21.5. The minimum atomic E-state index is -0.188. The second-order valence-electron chi connectivity index (χ2n) is 6.20. The van der Waals surface area contributed by atoms with Gasteiger partial charge in [0.15, 0.2) is 11.5 Å². The molecule has 0 unspecified atom stereocenters. The summed E-state index contributed by atoms with van der Waals surface area (Å²) in [6.07, 6.45) is 14.4. The molecule has 0 aliphatic heterocycles. The zero-order chi connectivity index (χ0) is 17.6. The molecule has 0 radical (unpaired) electrons. The van der Waals surface area contributed by atoms with Gasteiger partial charge in [0, 0.05) is 12.6 Å². The molecule has 0 atom stereocenters. The number of benzene rings is 1. The SMILES string of the molecule is CCCCCCCCCCCNC(=O)C=Cc1ccc(O)c(O)c1. The zero-order valence-electron chi connectivity index (χ0n) is 14.8. The summed E-state index contributed by atoms with van der Waals surface area (Å²) in [4.78, 5) is 11.7. The van der Waals surface area contributed by atoms with E-state index in [1.807, 2.05) is 0 Å². The van der Waals surface area contributed by atoms with Crippen molar-refractivity contribution in [1.29, 1.82) is 0 Å². The van der Waals surface area contributed by atoms with Crippen LogP contribution in [0, 0.1) is 0 Å². The van der Waals surface area contributed by atoms with Gasteiger partial charge in [0.1, 0.15) is 0 Å². The zero-order valence-corrected chi connectivity index (χ0v) is 14.8. The van der Waals surface area contributed by atoms with Gasteiger partial charge in [-0.25, -0.2) is 0 Å². The van der Waals surface area contributed by atoms with E-state index in [0.717, 1.165) is 12.8 Å². The van der Waals surface area contributed by atoms with Gasteiger partial charge in [0.2, 0.25) is 5.91 Å². The van der Waals surface area contributed by atoms with Crippen molar-refractivity contribution in [3.8, 4) is 11.5 Å². The second kappa shape index (κ2) is 12.5. The molecule has 1 rings (SSSR count). The molecule has 1 amide bonds. The number of aromatic hydroxyl groups is 2. The lowest BCUT2D eigenvalue weighted by Gasteiger charge is -2.03. The van der Waals surface area contributed by atoms with E-state index in [1.54, 1.807) is 12.1 Å². The molecule has 0 saturated carbocycles. The van der Waals surface area contributed by atoms with Crippen LogP contribution < -0.4 is 5.32 Å². The average molecular weight is 333 g/mol. The Labute approximate surface area is 145 Å². The Morgan fingerprint density at radius 1 is 0.958 bits per heavy atom. The second-order valence-corrected chi connectivity index (χ2v) is 6.20. The standard InChI is InChI=1S/C20H31NO3/c1-2-3-4-5-6-7-8-9-10-15-21-20(24)14-12-17-11-13-18(22)19(23)16-17/h11-14,16,22-23H,2-10,15H2,1H3,(H,21,24). The molecule has 0 spiro atoms.